The molecule has 4 heteroatoms. The number of methoxy groups -OCH3 is 1. The molecule has 0 fully saturated rings. The zero-order valence-corrected chi connectivity index (χ0v) is 13.5. The molecule has 0 aliphatic heterocycles. The molecular weight excluding hydrogens is 280 g/mol. The summed E-state index contributed by atoms with van der Waals surface area (Å²) in [4.78, 5) is 6.44. The Balaban J connectivity index is 1.80. The van der Waals surface area contributed by atoms with Gasteiger partial charge in [-0.3, -0.25) is 0 Å². The fraction of sp³-hybridized carbons (Fsp3) is 0.471. The van der Waals surface area contributed by atoms with Crippen LogP contribution in [0.5, 0.6) is 5.75 Å². The number of benzene rings is 1. The minimum absolute atomic E-state index is 0.592. The number of fused-ring (bicyclic) bond motifs is 1. The first kappa shape index (κ1) is 14.5. The van der Waals surface area contributed by atoms with Crippen LogP contribution in [0.4, 0.5) is 0 Å². The molecule has 1 aromatic heterocycles. The molecule has 1 aliphatic rings. The zero-order chi connectivity index (χ0) is 14.7. The molecule has 0 amide bonds. The van der Waals surface area contributed by atoms with E-state index in [9.17, 15) is 0 Å². The topological polar surface area (TPSA) is 34.1 Å². The minimum atomic E-state index is 0.592. The molecule has 1 aromatic carbocycles. The number of aromatic nitrogens is 1. The maximum Gasteiger partial charge on any atom is 0.119 e. The van der Waals surface area contributed by atoms with Gasteiger partial charge < -0.3 is 10.1 Å². The van der Waals surface area contributed by atoms with Gasteiger partial charge in [-0.2, -0.15) is 0 Å². The fourth-order valence-corrected chi connectivity index (χ4v) is 4.27. The smallest absolute Gasteiger partial charge is 0.119 e. The Labute approximate surface area is 130 Å². The lowest BCUT2D eigenvalue weighted by Gasteiger charge is -2.20. The van der Waals surface area contributed by atoms with Gasteiger partial charge in [-0.25, -0.2) is 4.98 Å². The maximum absolute atomic E-state index is 5.30. The van der Waals surface area contributed by atoms with Crippen LogP contribution in [0, 0.1) is 0 Å². The number of hydrogen-bond acceptors (Lipinski definition) is 4. The molecule has 1 N–H and O–H groups in total. The van der Waals surface area contributed by atoms with E-state index in [4.69, 9.17) is 9.72 Å². The molecule has 21 heavy (non-hydrogen) atoms. The molecule has 0 bridgehead atoms. The van der Waals surface area contributed by atoms with E-state index in [1.165, 1.54) is 40.4 Å². The third-order valence-electron chi connectivity index (χ3n) is 4.05. The van der Waals surface area contributed by atoms with Crippen molar-refractivity contribution in [3.63, 3.8) is 0 Å². The van der Waals surface area contributed by atoms with Crippen LogP contribution in [0.2, 0.25) is 0 Å². The Bertz CT molecular complexity index is 609. The standard InChI is InChI=1S/C17H22N2OS/c1-18-11-13-6-4-8-15-17(13)19-16(21-15)10-12-5-3-7-14(9-12)20-2/h3,5,7,9,13,18H,4,6,8,10-11H2,1-2H3. The van der Waals surface area contributed by atoms with E-state index in [2.05, 4.69) is 17.4 Å². The lowest BCUT2D eigenvalue weighted by atomic mass is 9.91. The normalized spacial score (nSPS) is 17.5. The molecule has 1 atom stereocenters. The number of likely N-dealkylation sites (N-methyl/N-ethyl adjacent to an activating group) is 1. The van der Waals surface area contributed by atoms with Crippen LogP contribution in [-0.2, 0) is 12.8 Å². The molecule has 0 saturated carbocycles. The van der Waals surface area contributed by atoms with Gasteiger partial charge in [-0.05, 0) is 44.0 Å². The van der Waals surface area contributed by atoms with Crippen LogP contribution in [-0.4, -0.2) is 25.7 Å². The molecule has 0 saturated heterocycles. The summed E-state index contributed by atoms with van der Waals surface area (Å²) in [6.07, 6.45) is 4.66. The van der Waals surface area contributed by atoms with Crippen molar-refractivity contribution in [1.29, 1.82) is 0 Å². The molecule has 1 heterocycles. The van der Waals surface area contributed by atoms with E-state index in [0.717, 1.165) is 18.7 Å². The number of ether oxygens (including phenoxy) is 1. The molecule has 1 aliphatic carbocycles. The van der Waals surface area contributed by atoms with Crippen LogP contribution in [0.25, 0.3) is 0 Å². The number of aryl methyl sites for hydroxylation is 1. The summed E-state index contributed by atoms with van der Waals surface area (Å²) >= 11 is 1.89. The molecule has 3 nitrogen and oxygen atoms in total. The van der Waals surface area contributed by atoms with E-state index in [-0.39, 0.29) is 0 Å². The Morgan fingerprint density at radius 1 is 1.43 bits per heavy atom. The summed E-state index contributed by atoms with van der Waals surface area (Å²) in [5, 5.41) is 4.53. The van der Waals surface area contributed by atoms with Crippen LogP contribution < -0.4 is 10.1 Å². The average molecular weight is 302 g/mol. The van der Waals surface area contributed by atoms with Crippen molar-refractivity contribution in [2.45, 2.75) is 31.6 Å². The van der Waals surface area contributed by atoms with Gasteiger partial charge in [0, 0.05) is 23.8 Å². The second-order valence-electron chi connectivity index (χ2n) is 5.59. The summed E-state index contributed by atoms with van der Waals surface area (Å²) in [6.45, 7) is 1.04. The molecule has 3 rings (SSSR count). The van der Waals surface area contributed by atoms with Gasteiger partial charge in [0.25, 0.3) is 0 Å². The summed E-state index contributed by atoms with van der Waals surface area (Å²) in [5.74, 6) is 1.51. The second-order valence-corrected chi connectivity index (χ2v) is 6.76. The first-order valence-corrected chi connectivity index (χ1v) is 8.38. The first-order chi connectivity index (χ1) is 10.3. The highest BCUT2D eigenvalue weighted by Gasteiger charge is 2.24. The van der Waals surface area contributed by atoms with E-state index in [1.54, 1.807) is 7.11 Å². The second kappa shape index (κ2) is 6.58. The van der Waals surface area contributed by atoms with Gasteiger partial charge >= 0.3 is 0 Å². The molecular formula is C17H22N2OS. The molecule has 1 unspecified atom stereocenters. The Kier molecular flexibility index (Phi) is 4.56. The highest BCUT2D eigenvalue weighted by atomic mass is 32.1. The summed E-state index contributed by atoms with van der Waals surface area (Å²) in [7, 11) is 3.74. The Morgan fingerprint density at radius 2 is 2.33 bits per heavy atom. The largest absolute Gasteiger partial charge is 0.497 e. The number of rotatable bonds is 5. The van der Waals surface area contributed by atoms with Gasteiger partial charge in [-0.15, -0.1) is 11.3 Å². The summed E-state index contributed by atoms with van der Waals surface area (Å²) in [6, 6.07) is 8.28. The molecule has 0 spiro atoms. The van der Waals surface area contributed by atoms with E-state index < -0.39 is 0 Å². The summed E-state index contributed by atoms with van der Waals surface area (Å²) in [5.41, 5.74) is 2.61. The van der Waals surface area contributed by atoms with Gasteiger partial charge in [0.1, 0.15) is 5.75 Å². The van der Waals surface area contributed by atoms with Crippen molar-refractivity contribution in [3.05, 3.63) is 45.4 Å². The van der Waals surface area contributed by atoms with Crippen LogP contribution in [0.3, 0.4) is 0 Å². The molecule has 112 valence electrons. The summed E-state index contributed by atoms with van der Waals surface area (Å²) < 4.78 is 5.30. The highest BCUT2D eigenvalue weighted by Crippen LogP contribution is 2.35. The monoisotopic (exact) mass is 302 g/mol. The van der Waals surface area contributed by atoms with Gasteiger partial charge in [0.05, 0.1) is 17.8 Å². The van der Waals surface area contributed by atoms with Gasteiger partial charge in [0.15, 0.2) is 0 Å². The quantitative estimate of drug-likeness (QED) is 0.919. The average Bonchev–Trinajstić information content (AvgIpc) is 2.91. The predicted octanol–water partition coefficient (Wildman–Crippen LogP) is 3.38. The Hall–Kier alpha value is -1.39. The number of nitrogens with zero attached hydrogens (tertiary/aromatic N) is 1. The molecule has 0 radical (unpaired) electrons. The third kappa shape index (κ3) is 3.27. The number of thiazole rings is 1. The minimum Gasteiger partial charge on any atom is -0.497 e. The number of hydrogen-bond donors (Lipinski definition) is 1. The predicted molar refractivity (Wildman–Crippen MR) is 87.5 cm³/mol. The van der Waals surface area contributed by atoms with Crippen molar-refractivity contribution >= 4 is 11.3 Å². The van der Waals surface area contributed by atoms with Crippen LogP contribution >= 0.6 is 11.3 Å². The third-order valence-corrected chi connectivity index (χ3v) is 5.19. The van der Waals surface area contributed by atoms with E-state index >= 15 is 0 Å². The maximum atomic E-state index is 5.30. The fourth-order valence-electron chi connectivity index (χ4n) is 3.04. The van der Waals surface area contributed by atoms with Crippen molar-refractivity contribution in [1.82, 2.24) is 10.3 Å². The van der Waals surface area contributed by atoms with Crippen molar-refractivity contribution < 1.29 is 4.74 Å². The number of nitrogens with one attached hydrogen (secondary N) is 1. The lowest BCUT2D eigenvalue weighted by Crippen LogP contribution is -2.21. The van der Waals surface area contributed by atoms with Crippen molar-refractivity contribution in [2.75, 3.05) is 20.7 Å². The SMILES string of the molecule is CNCC1CCCc2sc(Cc3cccc(OC)c3)nc21. The highest BCUT2D eigenvalue weighted by molar-refractivity contribution is 7.11. The van der Waals surface area contributed by atoms with Gasteiger partial charge in [-0.1, -0.05) is 12.1 Å². The van der Waals surface area contributed by atoms with Crippen molar-refractivity contribution in [2.24, 2.45) is 0 Å². The van der Waals surface area contributed by atoms with Crippen LogP contribution in [0.1, 0.15) is 39.9 Å². The Morgan fingerprint density at radius 3 is 3.14 bits per heavy atom. The van der Waals surface area contributed by atoms with E-state index in [0.29, 0.717) is 5.92 Å². The zero-order valence-electron chi connectivity index (χ0n) is 12.7. The van der Waals surface area contributed by atoms with Crippen LogP contribution in [0.15, 0.2) is 24.3 Å². The molecule has 2 aromatic rings. The van der Waals surface area contributed by atoms with E-state index in [1.807, 2.05) is 30.5 Å². The first-order valence-electron chi connectivity index (χ1n) is 7.56. The van der Waals surface area contributed by atoms with Crippen molar-refractivity contribution in [3.8, 4) is 5.75 Å². The lowest BCUT2D eigenvalue weighted by molar-refractivity contribution is 0.414. The van der Waals surface area contributed by atoms with Gasteiger partial charge in [0.2, 0.25) is 0 Å².